The average Bonchev–Trinajstić information content (AvgIpc) is 3.13. The molecule has 3 rings (SSSR count). The van der Waals surface area contributed by atoms with E-state index in [-0.39, 0.29) is 18.3 Å². The third-order valence-electron chi connectivity index (χ3n) is 3.59. The summed E-state index contributed by atoms with van der Waals surface area (Å²) in [6.07, 6.45) is 5.94. The molecule has 0 atom stereocenters. The Bertz CT molecular complexity index is 1010. The Kier molecular flexibility index (Phi) is 6.18. The average molecular weight is 443 g/mol. The minimum atomic E-state index is -0.484. The molecule has 2 aromatic carbocycles. The van der Waals surface area contributed by atoms with E-state index in [1.807, 2.05) is 24.3 Å². The first kappa shape index (κ1) is 19.3. The fourth-order valence-electron chi connectivity index (χ4n) is 2.27. The monoisotopic (exact) mass is 442 g/mol. The standard InChI is InChI=1S/C19H15BrN4O4/c20-15-5-7-18(8-6-15)28-13-23-12-16(11-21-23)22-19(25)9-4-14-2-1-3-17(10-14)24(26)27/h1-12H,13H2,(H,22,25)/b9-4+. The van der Waals surface area contributed by atoms with Gasteiger partial charge in [-0.25, -0.2) is 4.68 Å². The van der Waals surface area contributed by atoms with Crippen molar-refractivity contribution < 1.29 is 14.5 Å². The Labute approximate surface area is 168 Å². The number of carbonyl (C=O) groups is 1. The first-order chi connectivity index (χ1) is 13.5. The molecular weight excluding hydrogens is 428 g/mol. The smallest absolute Gasteiger partial charge is 0.270 e. The Morgan fingerprint density at radius 3 is 2.82 bits per heavy atom. The van der Waals surface area contributed by atoms with Gasteiger partial charge in [0, 0.05) is 22.7 Å². The van der Waals surface area contributed by atoms with E-state index in [1.165, 1.54) is 30.5 Å². The molecule has 1 N–H and O–H groups in total. The normalized spacial score (nSPS) is 10.8. The largest absolute Gasteiger partial charge is 0.471 e. The van der Waals surface area contributed by atoms with Gasteiger partial charge in [-0.2, -0.15) is 5.10 Å². The van der Waals surface area contributed by atoms with Crippen LogP contribution in [0.1, 0.15) is 5.56 Å². The van der Waals surface area contributed by atoms with E-state index in [2.05, 4.69) is 26.3 Å². The van der Waals surface area contributed by atoms with Crippen LogP contribution in [0, 0.1) is 10.1 Å². The van der Waals surface area contributed by atoms with Crippen molar-refractivity contribution in [1.82, 2.24) is 9.78 Å². The number of anilines is 1. The van der Waals surface area contributed by atoms with E-state index in [1.54, 1.807) is 23.0 Å². The third-order valence-corrected chi connectivity index (χ3v) is 4.11. The summed E-state index contributed by atoms with van der Waals surface area (Å²) >= 11 is 3.36. The molecule has 8 nitrogen and oxygen atoms in total. The lowest BCUT2D eigenvalue weighted by molar-refractivity contribution is -0.384. The summed E-state index contributed by atoms with van der Waals surface area (Å²) in [5, 5.41) is 17.6. The maximum absolute atomic E-state index is 12.0. The first-order valence-electron chi connectivity index (χ1n) is 8.14. The van der Waals surface area contributed by atoms with Crippen molar-refractivity contribution in [2.45, 2.75) is 6.73 Å². The van der Waals surface area contributed by atoms with Gasteiger partial charge in [-0.1, -0.05) is 28.1 Å². The second-order valence-electron chi connectivity index (χ2n) is 5.67. The van der Waals surface area contributed by atoms with E-state index in [0.717, 1.165) is 4.47 Å². The second kappa shape index (κ2) is 8.96. The molecule has 1 amide bonds. The molecule has 142 valence electrons. The number of ether oxygens (including phenoxy) is 1. The number of nitrogens with one attached hydrogen (secondary N) is 1. The van der Waals surface area contributed by atoms with Crippen LogP contribution < -0.4 is 10.1 Å². The predicted molar refractivity (Wildman–Crippen MR) is 108 cm³/mol. The van der Waals surface area contributed by atoms with Crippen LogP contribution in [0.2, 0.25) is 0 Å². The van der Waals surface area contributed by atoms with Crippen molar-refractivity contribution in [3.63, 3.8) is 0 Å². The molecule has 0 radical (unpaired) electrons. The summed E-state index contributed by atoms with van der Waals surface area (Å²) in [4.78, 5) is 22.3. The number of nitro benzene ring substituents is 1. The summed E-state index contributed by atoms with van der Waals surface area (Å²) in [5.74, 6) is 0.323. The molecule has 0 fully saturated rings. The summed E-state index contributed by atoms with van der Waals surface area (Å²) in [5.41, 5.74) is 1.03. The third kappa shape index (κ3) is 5.52. The van der Waals surface area contributed by atoms with Gasteiger partial charge in [0.05, 0.1) is 23.0 Å². The topological polar surface area (TPSA) is 99.3 Å². The number of hydrogen-bond donors (Lipinski definition) is 1. The van der Waals surface area contributed by atoms with Crippen LogP contribution in [0.4, 0.5) is 11.4 Å². The number of carbonyl (C=O) groups excluding carboxylic acids is 1. The molecule has 0 aliphatic heterocycles. The number of rotatable bonds is 7. The summed E-state index contributed by atoms with van der Waals surface area (Å²) < 4.78 is 8.10. The maximum atomic E-state index is 12.0. The summed E-state index contributed by atoms with van der Waals surface area (Å²) in [6, 6.07) is 13.4. The van der Waals surface area contributed by atoms with E-state index in [0.29, 0.717) is 17.0 Å². The summed E-state index contributed by atoms with van der Waals surface area (Å²) in [6.45, 7) is 0.195. The van der Waals surface area contributed by atoms with Crippen LogP contribution >= 0.6 is 15.9 Å². The van der Waals surface area contributed by atoms with Crippen molar-refractivity contribution in [2.75, 3.05) is 5.32 Å². The predicted octanol–water partition coefficient (Wildman–Crippen LogP) is 4.24. The number of nitrogens with zero attached hydrogens (tertiary/aromatic N) is 3. The van der Waals surface area contributed by atoms with E-state index in [4.69, 9.17) is 4.74 Å². The van der Waals surface area contributed by atoms with Gasteiger partial charge in [0.2, 0.25) is 5.91 Å². The highest BCUT2D eigenvalue weighted by atomic mass is 79.9. The van der Waals surface area contributed by atoms with Gasteiger partial charge in [0.15, 0.2) is 6.73 Å². The van der Waals surface area contributed by atoms with Gasteiger partial charge in [-0.15, -0.1) is 0 Å². The molecule has 28 heavy (non-hydrogen) atoms. The summed E-state index contributed by atoms with van der Waals surface area (Å²) in [7, 11) is 0. The van der Waals surface area contributed by atoms with Gasteiger partial charge < -0.3 is 10.1 Å². The number of non-ortho nitro benzene ring substituents is 1. The number of nitro groups is 1. The van der Waals surface area contributed by atoms with Gasteiger partial charge in [0.25, 0.3) is 5.69 Å². The van der Waals surface area contributed by atoms with E-state index >= 15 is 0 Å². The molecule has 1 aromatic heterocycles. The Morgan fingerprint density at radius 1 is 1.29 bits per heavy atom. The lowest BCUT2D eigenvalue weighted by Crippen LogP contribution is -2.08. The molecule has 1 heterocycles. The minimum absolute atomic E-state index is 0.0328. The number of benzene rings is 2. The SMILES string of the molecule is O=C(/C=C/c1cccc([N+](=O)[O-])c1)Nc1cnn(COc2ccc(Br)cc2)c1. The molecule has 3 aromatic rings. The Hall–Kier alpha value is -3.46. The van der Waals surface area contributed by atoms with Crippen LogP contribution in [0.25, 0.3) is 6.08 Å². The lowest BCUT2D eigenvalue weighted by atomic mass is 10.2. The lowest BCUT2D eigenvalue weighted by Gasteiger charge is -2.05. The molecule has 0 aliphatic carbocycles. The molecule has 9 heteroatoms. The number of halogens is 1. The molecule has 0 aliphatic rings. The zero-order valence-corrected chi connectivity index (χ0v) is 16.1. The highest BCUT2D eigenvalue weighted by Crippen LogP contribution is 2.17. The highest BCUT2D eigenvalue weighted by Gasteiger charge is 2.05. The minimum Gasteiger partial charge on any atom is -0.471 e. The number of aromatic nitrogens is 2. The van der Waals surface area contributed by atoms with Crippen molar-refractivity contribution in [1.29, 1.82) is 0 Å². The van der Waals surface area contributed by atoms with Gasteiger partial charge in [0.1, 0.15) is 5.75 Å². The fourth-order valence-corrected chi connectivity index (χ4v) is 2.53. The zero-order valence-electron chi connectivity index (χ0n) is 14.5. The van der Waals surface area contributed by atoms with Crippen molar-refractivity contribution in [3.8, 4) is 5.75 Å². The van der Waals surface area contributed by atoms with Gasteiger partial charge in [-0.05, 0) is 35.9 Å². The zero-order chi connectivity index (χ0) is 19.9. The van der Waals surface area contributed by atoms with Crippen molar-refractivity contribution in [3.05, 3.63) is 87.2 Å². The van der Waals surface area contributed by atoms with Crippen molar-refractivity contribution in [2.24, 2.45) is 0 Å². The molecule has 0 saturated heterocycles. The van der Waals surface area contributed by atoms with Crippen LogP contribution in [0.5, 0.6) is 5.75 Å². The highest BCUT2D eigenvalue weighted by molar-refractivity contribution is 9.10. The van der Waals surface area contributed by atoms with Crippen LogP contribution in [-0.4, -0.2) is 20.6 Å². The molecule has 0 saturated carbocycles. The molecule has 0 bridgehead atoms. The second-order valence-corrected chi connectivity index (χ2v) is 6.59. The van der Waals surface area contributed by atoms with Crippen LogP contribution in [-0.2, 0) is 11.5 Å². The fraction of sp³-hybridized carbons (Fsp3) is 0.0526. The van der Waals surface area contributed by atoms with Crippen LogP contribution in [0.3, 0.4) is 0 Å². The number of amides is 1. The van der Waals surface area contributed by atoms with E-state index in [9.17, 15) is 14.9 Å². The van der Waals surface area contributed by atoms with E-state index < -0.39 is 4.92 Å². The molecular formula is C19H15BrN4O4. The Balaban J connectivity index is 1.54. The molecule has 0 spiro atoms. The maximum Gasteiger partial charge on any atom is 0.270 e. The van der Waals surface area contributed by atoms with Gasteiger partial charge >= 0.3 is 0 Å². The number of hydrogen-bond acceptors (Lipinski definition) is 5. The van der Waals surface area contributed by atoms with Crippen molar-refractivity contribution >= 4 is 39.3 Å². The Morgan fingerprint density at radius 2 is 2.07 bits per heavy atom. The molecule has 0 unspecified atom stereocenters. The van der Waals surface area contributed by atoms with Gasteiger partial charge in [-0.3, -0.25) is 14.9 Å². The quantitative estimate of drug-likeness (QED) is 0.335. The van der Waals surface area contributed by atoms with Crippen LogP contribution in [0.15, 0.2) is 71.5 Å². The first-order valence-corrected chi connectivity index (χ1v) is 8.93.